The van der Waals surface area contributed by atoms with Crippen molar-refractivity contribution in [1.82, 2.24) is 0 Å². The van der Waals surface area contributed by atoms with Gasteiger partial charge in [-0.15, -0.1) is 0 Å². The van der Waals surface area contributed by atoms with Gasteiger partial charge in [-0.3, -0.25) is 0 Å². The minimum Gasteiger partial charge on any atom is -0.410 e. The summed E-state index contributed by atoms with van der Waals surface area (Å²) in [5, 5.41) is 21.4. The summed E-state index contributed by atoms with van der Waals surface area (Å²) in [5.74, 6) is 0. The van der Waals surface area contributed by atoms with E-state index in [0.29, 0.717) is 10.6 Å². The first-order valence-corrected chi connectivity index (χ1v) is 5.44. The molecule has 0 aromatic heterocycles. The summed E-state index contributed by atoms with van der Waals surface area (Å²) < 4.78 is 0. The number of nitrogens with zero attached hydrogens (tertiary/aromatic N) is 2. The number of rotatable bonds is 1. The molecule has 0 fully saturated rings. The predicted octanol–water partition coefficient (Wildman–Crippen LogP) is 3.01. The van der Waals surface area contributed by atoms with Crippen LogP contribution in [-0.2, 0) is 0 Å². The van der Waals surface area contributed by atoms with Gasteiger partial charge in [0.15, 0.2) is 0 Å². The molecule has 2 rings (SSSR count). The Morgan fingerprint density at radius 2 is 2.00 bits per heavy atom. The number of hydrogen-bond donors (Lipinski definition) is 1. The Kier molecular flexibility index (Phi) is 3.08. The van der Waals surface area contributed by atoms with E-state index in [2.05, 4.69) is 11.2 Å². The molecular formula is C12H8N2OS. The molecule has 0 amide bonds. The molecule has 0 spiro atoms. The summed E-state index contributed by atoms with van der Waals surface area (Å²) >= 11 is 1.28. The van der Waals surface area contributed by atoms with Crippen LogP contribution in [0.5, 0.6) is 0 Å². The first kappa shape index (κ1) is 10.5. The third kappa shape index (κ3) is 2.00. The van der Waals surface area contributed by atoms with Crippen molar-refractivity contribution < 1.29 is 5.21 Å². The highest BCUT2D eigenvalue weighted by atomic mass is 32.2. The molecule has 16 heavy (non-hydrogen) atoms. The van der Waals surface area contributed by atoms with Crippen molar-refractivity contribution in [3.63, 3.8) is 0 Å². The van der Waals surface area contributed by atoms with Crippen LogP contribution in [0, 0.1) is 11.3 Å². The van der Waals surface area contributed by atoms with Gasteiger partial charge in [0.2, 0.25) is 0 Å². The first-order chi connectivity index (χ1) is 7.85. The average Bonchev–Trinajstić information content (AvgIpc) is 2.80. The highest BCUT2D eigenvalue weighted by Gasteiger charge is 2.14. The quantitative estimate of drug-likeness (QED) is 0.456. The van der Waals surface area contributed by atoms with Crippen LogP contribution in [0.15, 0.2) is 52.5 Å². The fraction of sp³-hybridized carbons (Fsp3) is 0. The fourth-order valence-corrected chi connectivity index (χ4v) is 2.19. The molecule has 1 heterocycles. The number of benzene rings is 1. The standard InChI is InChI=1S/C12H8N2OS/c13-8-10(9-4-2-1-3-5-9)11-6-7-12(14-15)16-11/h1-7,15H/b11-10-,14-12?. The van der Waals surface area contributed by atoms with Crippen molar-refractivity contribution in [2.75, 3.05) is 0 Å². The lowest BCUT2D eigenvalue weighted by Gasteiger charge is -2.01. The van der Waals surface area contributed by atoms with E-state index >= 15 is 0 Å². The third-order valence-electron chi connectivity index (χ3n) is 2.11. The van der Waals surface area contributed by atoms with Crippen LogP contribution in [0.25, 0.3) is 5.57 Å². The van der Waals surface area contributed by atoms with E-state index in [1.54, 1.807) is 12.2 Å². The molecule has 1 aromatic rings. The van der Waals surface area contributed by atoms with Crippen LogP contribution in [-0.4, -0.2) is 10.3 Å². The summed E-state index contributed by atoms with van der Waals surface area (Å²) in [7, 11) is 0. The second-order valence-corrected chi connectivity index (χ2v) is 4.15. The Morgan fingerprint density at radius 1 is 1.25 bits per heavy atom. The zero-order chi connectivity index (χ0) is 11.4. The van der Waals surface area contributed by atoms with E-state index in [-0.39, 0.29) is 0 Å². The molecule has 78 valence electrons. The summed E-state index contributed by atoms with van der Waals surface area (Å²) in [6.45, 7) is 0. The highest BCUT2D eigenvalue weighted by Crippen LogP contribution is 2.33. The lowest BCUT2D eigenvalue weighted by molar-refractivity contribution is 0.321. The molecule has 0 saturated carbocycles. The molecule has 0 unspecified atom stereocenters. The maximum atomic E-state index is 9.14. The summed E-state index contributed by atoms with van der Waals surface area (Å²) in [4.78, 5) is 0.807. The Bertz CT molecular complexity index is 524. The van der Waals surface area contributed by atoms with Gasteiger partial charge in [-0.2, -0.15) is 5.26 Å². The minimum absolute atomic E-state index is 0.499. The molecular weight excluding hydrogens is 220 g/mol. The number of hydrogen-bond acceptors (Lipinski definition) is 4. The van der Waals surface area contributed by atoms with Crippen LogP contribution in [0.4, 0.5) is 0 Å². The molecule has 0 saturated heterocycles. The van der Waals surface area contributed by atoms with Crippen molar-refractivity contribution >= 4 is 22.4 Å². The monoisotopic (exact) mass is 228 g/mol. The molecule has 1 aliphatic rings. The molecule has 0 radical (unpaired) electrons. The van der Waals surface area contributed by atoms with Gasteiger partial charge >= 0.3 is 0 Å². The van der Waals surface area contributed by atoms with E-state index in [9.17, 15) is 0 Å². The largest absolute Gasteiger partial charge is 0.410 e. The number of nitriles is 1. The second kappa shape index (κ2) is 4.69. The number of allylic oxidation sites excluding steroid dienone is 2. The maximum Gasteiger partial charge on any atom is 0.140 e. The molecule has 1 N–H and O–H groups in total. The maximum absolute atomic E-state index is 9.14. The second-order valence-electron chi connectivity index (χ2n) is 3.09. The van der Waals surface area contributed by atoms with Crippen LogP contribution in [0.1, 0.15) is 5.56 Å². The van der Waals surface area contributed by atoms with Gasteiger partial charge in [-0.25, -0.2) is 0 Å². The van der Waals surface area contributed by atoms with Crippen molar-refractivity contribution in [3.05, 3.63) is 53.0 Å². The zero-order valence-electron chi connectivity index (χ0n) is 8.29. The first-order valence-electron chi connectivity index (χ1n) is 4.63. The topological polar surface area (TPSA) is 56.4 Å². The molecule has 3 nitrogen and oxygen atoms in total. The van der Waals surface area contributed by atoms with Crippen molar-refractivity contribution in [1.29, 1.82) is 5.26 Å². The van der Waals surface area contributed by atoms with Crippen LogP contribution in [0.3, 0.4) is 0 Å². The average molecular weight is 228 g/mol. The van der Waals surface area contributed by atoms with E-state index in [4.69, 9.17) is 10.5 Å². The van der Waals surface area contributed by atoms with Gasteiger partial charge in [-0.1, -0.05) is 47.2 Å². The number of thioether (sulfide) groups is 1. The predicted molar refractivity (Wildman–Crippen MR) is 64.9 cm³/mol. The van der Waals surface area contributed by atoms with Crippen LogP contribution < -0.4 is 0 Å². The summed E-state index contributed by atoms with van der Waals surface area (Å²) in [6.07, 6.45) is 3.46. The van der Waals surface area contributed by atoms with Gasteiger partial charge < -0.3 is 5.21 Å². The molecule has 0 aliphatic carbocycles. The SMILES string of the molecule is N#C/C(=C1\C=CC(=NO)S1)c1ccccc1. The molecule has 0 atom stereocenters. The van der Waals surface area contributed by atoms with Gasteiger partial charge in [0, 0.05) is 4.91 Å². The van der Waals surface area contributed by atoms with E-state index in [0.717, 1.165) is 10.5 Å². The lowest BCUT2D eigenvalue weighted by Crippen LogP contribution is -1.84. The van der Waals surface area contributed by atoms with E-state index in [1.807, 2.05) is 30.3 Å². The molecule has 4 heteroatoms. The van der Waals surface area contributed by atoms with Gasteiger partial charge in [0.05, 0.1) is 5.57 Å². The van der Waals surface area contributed by atoms with Crippen molar-refractivity contribution in [3.8, 4) is 6.07 Å². The lowest BCUT2D eigenvalue weighted by atomic mass is 10.1. The van der Waals surface area contributed by atoms with Gasteiger partial charge in [0.1, 0.15) is 11.1 Å². The van der Waals surface area contributed by atoms with Crippen molar-refractivity contribution in [2.45, 2.75) is 0 Å². The van der Waals surface area contributed by atoms with Crippen LogP contribution >= 0.6 is 11.8 Å². The zero-order valence-corrected chi connectivity index (χ0v) is 9.11. The smallest absolute Gasteiger partial charge is 0.140 e. The van der Waals surface area contributed by atoms with Gasteiger partial charge in [0.25, 0.3) is 0 Å². The van der Waals surface area contributed by atoms with E-state index in [1.165, 1.54) is 11.8 Å². The Hall–Kier alpha value is -1.99. The Labute approximate surface area is 97.4 Å². The summed E-state index contributed by atoms with van der Waals surface area (Å²) in [6, 6.07) is 11.6. The minimum atomic E-state index is 0.499. The normalized spacial score (nSPS) is 19.8. The van der Waals surface area contributed by atoms with Crippen LogP contribution in [0.2, 0.25) is 0 Å². The third-order valence-corrected chi connectivity index (χ3v) is 3.10. The van der Waals surface area contributed by atoms with E-state index < -0.39 is 0 Å². The van der Waals surface area contributed by atoms with Crippen molar-refractivity contribution in [2.24, 2.45) is 5.16 Å². The summed E-state index contributed by atoms with van der Waals surface area (Å²) in [5.41, 5.74) is 1.47. The molecule has 1 aromatic carbocycles. The Balaban J connectivity index is 2.43. The van der Waals surface area contributed by atoms with Gasteiger partial charge in [-0.05, 0) is 17.7 Å². The Morgan fingerprint density at radius 3 is 2.56 bits per heavy atom. The number of oxime groups is 1. The molecule has 1 aliphatic heterocycles. The molecule has 0 bridgehead atoms. The highest BCUT2D eigenvalue weighted by molar-refractivity contribution is 8.18. The fourth-order valence-electron chi connectivity index (χ4n) is 1.38.